The molecule has 1 N–H and O–H groups in total. The number of ether oxygens (including phenoxy) is 1. The summed E-state index contributed by atoms with van der Waals surface area (Å²) in [5.41, 5.74) is 3.28. The van der Waals surface area contributed by atoms with Crippen molar-refractivity contribution in [2.45, 2.75) is 19.4 Å². The molecule has 3 aromatic rings. The van der Waals surface area contributed by atoms with Gasteiger partial charge in [0.1, 0.15) is 5.69 Å². The van der Waals surface area contributed by atoms with E-state index < -0.39 is 5.97 Å². The summed E-state index contributed by atoms with van der Waals surface area (Å²) in [6.45, 7) is 2.64. The predicted octanol–water partition coefficient (Wildman–Crippen LogP) is 3.41. The van der Waals surface area contributed by atoms with Gasteiger partial charge in [-0.2, -0.15) is 5.10 Å². The average molecular weight is 365 g/mol. The van der Waals surface area contributed by atoms with E-state index >= 15 is 0 Å². The maximum absolute atomic E-state index is 12.9. The first-order chi connectivity index (χ1) is 13.2. The minimum atomic E-state index is -0.394. The normalized spacial score (nSPS) is 15.9. The molecule has 0 spiro atoms. The Bertz CT molecular complexity index is 973. The lowest BCUT2D eigenvalue weighted by Crippen LogP contribution is -2.30. The molecule has 2 aromatic heterocycles. The van der Waals surface area contributed by atoms with Crippen molar-refractivity contribution in [3.63, 3.8) is 0 Å². The first kappa shape index (κ1) is 17.1. The summed E-state index contributed by atoms with van der Waals surface area (Å²) in [5, 5.41) is 7.20. The van der Waals surface area contributed by atoms with Gasteiger partial charge in [0.15, 0.2) is 11.5 Å². The number of hydrogen-bond donors (Lipinski definition) is 1. The Morgan fingerprint density at radius 2 is 2.07 bits per heavy atom. The van der Waals surface area contributed by atoms with Gasteiger partial charge in [0.05, 0.1) is 25.0 Å². The van der Waals surface area contributed by atoms with Crippen LogP contribution in [0.15, 0.2) is 47.1 Å². The minimum Gasteiger partial charge on any atom is -0.465 e. The molecular weight excluding hydrogens is 346 g/mol. The van der Waals surface area contributed by atoms with Gasteiger partial charge in [-0.25, -0.2) is 4.79 Å². The fraction of sp³-hybridized carbons (Fsp3) is 0.250. The van der Waals surface area contributed by atoms with Gasteiger partial charge < -0.3 is 14.1 Å². The van der Waals surface area contributed by atoms with Crippen LogP contribution in [0.4, 0.5) is 0 Å². The predicted molar refractivity (Wildman–Crippen MR) is 97.2 cm³/mol. The Balaban J connectivity index is 1.82. The summed E-state index contributed by atoms with van der Waals surface area (Å²) >= 11 is 0. The monoisotopic (exact) mass is 365 g/mol. The molecule has 0 aliphatic carbocycles. The topological polar surface area (TPSA) is 88.4 Å². The first-order valence-corrected chi connectivity index (χ1v) is 8.77. The van der Waals surface area contributed by atoms with Crippen LogP contribution in [0.5, 0.6) is 0 Å². The van der Waals surface area contributed by atoms with Crippen LogP contribution in [0.3, 0.4) is 0 Å². The molecule has 1 aliphatic heterocycles. The molecule has 0 fully saturated rings. The fourth-order valence-electron chi connectivity index (χ4n) is 3.54. The SMILES string of the molecule is CCCN1C(=O)c2n[nH]c(-c3ccco3)c2C1c1ccc(C(=O)OC)cc1. The Morgan fingerprint density at radius 1 is 1.30 bits per heavy atom. The fourth-order valence-corrected chi connectivity index (χ4v) is 3.54. The maximum Gasteiger partial charge on any atom is 0.337 e. The van der Waals surface area contributed by atoms with Crippen molar-refractivity contribution in [2.24, 2.45) is 0 Å². The van der Waals surface area contributed by atoms with Crippen LogP contribution in [0.2, 0.25) is 0 Å². The van der Waals surface area contributed by atoms with Crippen molar-refractivity contribution in [1.29, 1.82) is 0 Å². The number of aromatic nitrogens is 2. The number of carbonyl (C=O) groups is 2. The zero-order chi connectivity index (χ0) is 19.0. The van der Waals surface area contributed by atoms with Gasteiger partial charge in [-0.3, -0.25) is 9.89 Å². The summed E-state index contributed by atoms with van der Waals surface area (Å²) in [4.78, 5) is 26.4. The van der Waals surface area contributed by atoms with Gasteiger partial charge in [-0.05, 0) is 36.2 Å². The Labute approximate surface area is 155 Å². The van der Waals surface area contributed by atoms with E-state index in [0.717, 1.165) is 17.5 Å². The number of esters is 1. The number of furan rings is 1. The molecule has 0 bridgehead atoms. The Morgan fingerprint density at radius 3 is 2.70 bits per heavy atom. The van der Waals surface area contributed by atoms with E-state index in [1.807, 2.05) is 30.0 Å². The van der Waals surface area contributed by atoms with Crippen LogP contribution in [-0.2, 0) is 4.74 Å². The molecule has 0 saturated carbocycles. The van der Waals surface area contributed by atoms with E-state index in [2.05, 4.69) is 10.2 Å². The highest BCUT2D eigenvalue weighted by Crippen LogP contribution is 2.42. The van der Waals surface area contributed by atoms with E-state index in [1.54, 1.807) is 24.5 Å². The molecule has 3 heterocycles. The lowest BCUT2D eigenvalue weighted by Gasteiger charge is -2.26. The number of benzene rings is 1. The number of H-pyrrole nitrogens is 1. The highest BCUT2D eigenvalue weighted by Gasteiger charge is 2.42. The summed E-state index contributed by atoms with van der Waals surface area (Å²) in [7, 11) is 1.35. The third kappa shape index (κ3) is 2.71. The van der Waals surface area contributed by atoms with E-state index in [4.69, 9.17) is 9.15 Å². The highest BCUT2D eigenvalue weighted by atomic mass is 16.5. The zero-order valence-corrected chi connectivity index (χ0v) is 15.1. The molecule has 7 heteroatoms. The van der Waals surface area contributed by atoms with Gasteiger partial charge in [-0.1, -0.05) is 19.1 Å². The van der Waals surface area contributed by atoms with Crippen molar-refractivity contribution < 1.29 is 18.7 Å². The summed E-state index contributed by atoms with van der Waals surface area (Å²) in [5.74, 6) is 0.128. The molecule has 1 unspecified atom stereocenters. The van der Waals surface area contributed by atoms with Crippen LogP contribution < -0.4 is 0 Å². The molecule has 138 valence electrons. The van der Waals surface area contributed by atoms with Crippen LogP contribution in [0.25, 0.3) is 11.5 Å². The van der Waals surface area contributed by atoms with E-state index in [0.29, 0.717) is 29.3 Å². The molecule has 1 aliphatic rings. The number of nitrogens with zero attached hydrogens (tertiary/aromatic N) is 2. The molecule has 1 aromatic carbocycles. The third-order valence-corrected chi connectivity index (χ3v) is 4.73. The Kier molecular flexibility index (Phi) is 4.27. The standard InChI is InChI=1S/C20H19N3O4/c1-3-10-23-18(12-6-8-13(9-7-12)20(25)26-2)15-16(14-5-4-11-27-14)21-22-17(15)19(23)24/h4-9,11,18H,3,10H2,1-2H3,(H,21,22). The van der Waals surface area contributed by atoms with Gasteiger partial charge in [0, 0.05) is 12.1 Å². The second kappa shape index (κ2) is 6.75. The van der Waals surface area contributed by atoms with Gasteiger partial charge in [0.25, 0.3) is 5.91 Å². The smallest absolute Gasteiger partial charge is 0.337 e. The zero-order valence-electron chi connectivity index (χ0n) is 15.1. The number of carbonyl (C=O) groups excluding carboxylic acids is 2. The lowest BCUT2D eigenvalue weighted by molar-refractivity contribution is 0.0600. The van der Waals surface area contributed by atoms with Crippen molar-refractivity contribution in [3.05, 3.63) is 65.0 Å². The van der Waals surface area contributed by atoms with Gasteiger partial charge >= 0.3 is 5.97 Å². The summed E-state index contributed by atoms with van der Waals surface area (Å²) < 4.78 is 10.3. The van der Waals surface area contributed by atoms with Crippen molar-refractivity contribution in [3.8, 4) is 11.5 Å². The van der Waals surface area contributed by atoms with Crippen molar-refractivity contribution >= 4 is 11.9 Å². The number of amides is 1. The van der Waals surface area contributed by atoms with Gasteiger partial charge in [0.2, 0.25) is 0 Å². The molecule has 4 rings (SSSR count). The second-order valence-corrected chi connectivity index (χ2v) is 6.35. The van der Waals surface area contributed by atoms with Crippen LogP contribution in [0, 0.1) is 0 Å². The van der Waals surface area contributed by atoms with Crippen LogP contribution in [-0.4, -0.2) is 40.6 Å². The second-order valence-electron chi connectivity index (χ2n) is 6.35. The quantitative estimate of drug-likeness (QED) is 0.700. The lowest BCUT2D eigenvalue weighted by atomic mass is 9.97. The summed E-state index contributed by atoms with van der Waals surface area (Å²) in [6.07, 6.45) is 2.41. The summed E-state index contributed by atoms with van der Waals surface area (Å²) in [6, 6.07) is 10.4. The third-order valence-electron chi connectivity index (χ3n) is 4.73. The van der Waals surface area contributed by atoms with Crippen LogP contribution >= 0.6 is 0 Å². The molecule has 1 atom stereocenters. The number of hydrogen-bond acceptors (Lipinski definition) is 5. The number of nitrogens with one attached hydrogen (secondary N) is 1. The molecular formula is C20H19N3O4. The first-order valence-electron chi connectivity index (χ1n) is 8.77. The van der Waals surface area contributed by atoms with Crippen molar-refractivity contribution in [1.82, 2.24) is 15.1 Å². The number of methoxy groups -OCH3 is 1. The van der Waals surface area contributed by atoms with E-state index in [-0.39, 0.29) is 11.9 Å². The number of rotatable bonds is 5. The molecule has 0 saturated heterocycles. The maximum atomic E-state index is 12.9. The van der Waals surface area contributed by atoms with Crippen molar-refractivity contribution in [2.75, 3.05) is 13.7 Å². The number of fused-ring (bicyclic) bond motifs is 1. The molecule has 0 radical (unpaired) electrons. The van der Waals surface area contributed by atoms with Gasteiger partial charge in [-0.15, -0.1) is 0 Å². The molecule has 7 nitrogen and oxygen atoms in total. The minimum absolute atomic E-state index is 0.108. The number of aromatic amines is 1. The Hall–Kier alpha value is -3.35. The largest absolute Gasteiger partial charge is 0.465 e. The average Bonchev–Trinajstić information content (AvgIpc) is 3.41. The molecule has 1 amide bonds. The van der Waals surface area contributed by atoms with E-state index in [1.165, 1.54) is 7.11 Å². The van der Waals surface area contributed by atoms with Crippen LogP contribution in [0.1, 0.15) is 51.4 Å². The molecule has 27 heavy (non-hydrogen) atoms. The van der Waals surface area contributed by atoms with E-state index in [9.17, 15) is 9.59 Å². The highest BCUT2D eigenvalue weighted by molar-refractivity contribution is 6.00.